The Balaban J connectivity index is 1.60. The van der Waals surface area contributed by atoms with Gasteiger partial charge in [0.15, 0.2) is 0 Å². The number of amides is 2. The maximum absolute atomic E-state index is 12.6. The van der Waals surface area contributed by atoms with Gasteiger partial charge in [0.25, 0.3) is 5.91 Å². The molecule has 126 valence electrons. The first-order chi connectivity index (χ1) is 11.6. The average Bonchev–Trinajstić information content (AvgIpc) is 3.25. The molecule has 1 aromatic carbocycles. The summed E-state index contributed by atoms with van der Waals surface area (Å²) in [4.78, 5) is 30.9. The van der Waals surface area contributed by atoms with E-state index in [4.69, 9.17) is 11.6 Å². The van der Waals surface area contributed by atoms with E-state index in [2.05, 4.69) is 10.3 Å². The molecule has 2 amide bonds. The Hall–Kier alpha value is -1.57. The first kappa shape index (κ1) is 17.3. The van der Waals surface area contributed by atoms with Crippen molar-refractivity contribution >= 4 is 46.5 Å². The number of hydrogen-bond donors (Lipinski definition) is 1. The number of benzene rings is 1. The van der Waals surface area contributed by atoms with Crippen molar-refractivity contribution in [2.75, 3.05) is 18.2 Å². The first-order valence-electron chi connectivity index (χ1n) is 7.44. The van der Waals surface area contributed by atoms with Gasteiger partial charge in [-0.05, 0) is 18.2 Å². The smallest absolute Gasteiger partial charge is 0.255 e. The molecule has 5 nitrogen and oxygen atoms in total. The molecule has 0 unspecified atom stereocenters. The molecule has 1 aliphatic rings. The third-order valence-electron chi connectivity index (χ3n) is 3.68. The van der Waals surface area contributed by atoms with Gasteiger partial charge in [-0.3, -0.25) is 9.59 Å². The van der Waals surface area contributed by atoms with E-state index >= 15 is 0 Å². The Morgan fingerprint density at radius 3 is 3.04 bits per heavy atom. The van der Waals surface area contributed by atoms with Gasteiger partial charge in [0.2, 0.25) is 5.91 Å². The van der Waals surface area contributed by atoms with Crippen LogP contribution in [-0.2, 0) is 11.2 Å². The molecule has 1 aromatic heterocycles. The highest BCUT2D eigenvalue weighted by atomic mass is 35.5. The van der Waals surface area contributed by atoms with Gasteiger partial charge in [0.05, 0.1) is 17.1 Å². The second-order valence-electron chi connectivity index (χ2n) is 5.32. The first-order valence-corrected chi connectivity index (χ1v) is 9.92. The number of rotatable bonds is 5. The minimum Gasteiger partial charge on any atom is -0.354 e. The molecule has 2 aromatic rings. The van der Waals surface area contributed by atoms with E-state index in [0.717, 1.165) is 5.69 Å². The molecule has 2 heterocycles. The molecule has 24 heavy (non-hydrogen) atoms. The summed E-state index contributed by atoms with van der Waals surface area (Å²) < 4.78 is 0. The van der Waals surface area contributed by atoms with E-state index in [1.54, 1.807) is 46.4 Å². The molecule has 1 saturated heterocycles. The van der Waals surface area contributed by atoms with E-state index in [1.807, 2.05) is 5.38 Å². The molecule has 8 heteroatoms. The van der Waals surface area contributed by atoms with Crippen molar-refractivity contribution in [2.24, 2.45) is 0 Å². The molecule has 0 aliphatic carbocycles. The molecule has 0 spiro atoms. The van der Waals surface area contributed by atoms with Crippen LogP contribution in [0.1, 0.15) is 16.1 Å². The summed E-state index contributed by atoms with van der Waals surface area (Å²) in [6.07, 6.45) is 0.692. The van der Waals surface area contributed by atoms with Gasteiger partial charge in [-0.15, -0.1) is 23.1 Å². The molecule has 0 saturated carbocycles. The molecule has 1 N–H and O–H groups in total. The normalized spacial score (nSPS) is 17.0. The molecular weight excluding hydrogens is 366 g/mol. The lowest BCUT2D eigenvalue weighted by atomic mass is 10.1. The zero-order valence-corrected chi connectivity index (χ0v) is 15.2. The van der Waals surface area contributed by atoms with Crippen LogP contribution < -0.4 is 5.32 Å². The highest BCUT2D eigenvalue weighted by Crippen LogP contribution is 2.24. The third-order valence-corrected chi connectivity index (χ3v) is 5.56. The van der Waals surface area contributed by atoms with Crippen LogP contribution in [0.25, 0.3) is 0 Å². The van der Waals surface area contributed by atoms with E-state index in [9.17, 15) is 9.59 Å². The molecule has 3 rings (SSSR count). The Morgan fingerprint density at radius 2 is 2.29 bits per heavy atom. The fourth-order valence-corrected chi connectivity index (χ4v) is 4.38. The van der Waals surface area contributed by atoms with Gasteiger partial charge in [-0.1, -0.05) is 17.7 Å². The minimum atomic E-state index is -0.447. The van der Waals surface area contributed by atoms with E-state index in [1.165, 1.54) is 11.3 Å². The second-order valence-corrected chi connectivity index (χ2v) is 7.48. The summed E-state index contributed by atoms with van der Waals surface area (Å²) in [5.41, 5.74) is 3.24. The number of hydrogen-bond acceptors (Lipinski definition) is 5. The second kappa shape index (κ2) is 8.00. The monoisotopic (exact) mass is 381 g/mol. The predicted octanol–water partition coefficient (Wildman–Crippen LogP) is 2.67. The summed E-state index contributed by atoms with van der Waals surface area (Å²) in [6, 6.07) is 6.36. The largest absolute Gasteiger partial charge is 0.354 e. The maximum atomic E-state index is 12.6. The van der Waals surface area contributed by atoms with Crippen LogP contribution in [0.4, 0.5) is 0 Å². The molecule has 1 atom stereocenters. The van der Waals surface area contributed by atoms with Crippen molar-refractivity contribution in [3.05, 3.63) is 51.4 Å². The van der Waals surface area contributed by atoms with Crippen LogP contribution >= 0.6 is 34.7 Å². The predicted molar refractivity (Wildman–Crippen MR) is 97.6 cm³/mol. The highest BCUT2D eigenvalue weighted by Gasteiger charge is 2.34. The summed E-state index contributed by atoms with van der Waals surface area (Å²) in [6.45, 7) is 0.517. The number of halogens is 1. The zero-order valence-electron chi connectivity index (χ0n) is 12.8. The molecule has 0 radical (unpaired) electrons. The lowest BCUT2D eigenvalue weighted by Gasteiger charge is -2.23. The van der Waals surface area contributed by atoms with Gasteiger partial charge in [0, 0.05) is 34.7 Å². The summed E-state index contributed by atoms with van der Waals surface area (Å²) in [7, 11) is 0. The number of nitrogens with one attached hydrogen (secondary N) is 1. The van der Waals surface area contributed by atoms with Crippen molar-refractivity contribution in [3.63, 3.8) is 0 Å². The van der Waals surface area contributed by atoms with Crippen LogP contribution in [0.5, 0.6) is 0 Å². The highest BCUT2D eigenvalue weighted by molar-refractivity contribution is 7.99. The fraction of sp³-hybridized carbons (Fsp3) is 0.312. The van der Waals surface area contributed by atoms with E-state index in [-0.39, 0.29) is 11.8 Å². The van der Waals surface area contributed by atoms with Gasteiger partial charge in [0.1, 0.15) is 6.04 Å². The maximum Gasteiger partial charge on any atom is 0.255 e. The van der Waals surface area contributed by atoms with Crippen LogP contribution in [0.15, 0.2) is 35.2 Å². The average molecular weight is 382 g/mol. The van der Waals surface area contributed by atoms with Crippen molar-refractivity contribution in [1.29, 1.82) is 0 Å². The lowest BCUT2D eigenvalue weighted by molar-refractivity contribution is -0.124. The standard InChI is InChI=1S/C16H16ClN3O2S2/c17-12-3-1-2-11(6-12)16(22)20-10-24-8-14(20)15(21)18-5-4-13-7-23-9-19-13/h1-3,6-7,9,14H,4-5,8,10H2,(H,18,21)/t14-/m1/s1. The molecule has 1 fully saturated rings. The van der Waals surface area contributed by atoms with Gasteiger partial charge in [-0.25, -0.2) is 4.98 Å². The van der Waals surface area contributed by atoms with Crippen LogP contribution in [0, 0.1) is 0 Å². The summed E-state index contributed by atoms with van der Waals surface area (Å²) in [5.74, 6) is 0.831. The van der Waals surface area contributed by atoms with Crippen molar-refractivity contribution in [2.45, 2.75) is 12.5 Å². The molecular formula is C16H16ClN3O2S2. The van der Waals surface area contributed by atoms with Crippen LogP contribution in [-0.4, -0.2) is 45.9 Å². The minimum absolute atomic E-state index is 0.120. The quantitative estimate of drug-likeness (QED) is 0.864. The topological polar surface area (TPSA) is 62.3 Å². The van der Waals surface area contributed by atoms with Crippen molar-refractivity contribution in [3.8, 4) is 0 Å². The zero-order chi connectivity index (χ0) is 16.9. The number of aromatic nitrogens is 1. The molecule has 0 bridgehead atoms. The van der Waals surface area contributed by atoms with Gasteiger partial charge >= 0.3 is 0 Å². The Kier molecular flexibility index (Phi) is 5.76. The van der Waals surface area contributed by atoms with Crippen LogP contribution in [0.3, 0.4) is 0 Å². The number of carbonyl (C=O) groups excluding carboxylic acids is 2. The van der Waals surface area contributed by atoms with E-state index in [0.29, 0.717) is 35.2 Å². The third kappa shape index (κ3) is 4.09. The van der Waals surface area contributed by atoms with Gasteiger partial charge in [-0.2, -0.15) is 0 Å². The summed E-state index contributed by atoms with van der Waals surface area (Å²) in [5, 5.41) is 5.38. The molecule has 1 aliphatic heterocycles. The Labute approximate surface area is 153 Å². The van der Waals surface area contributed by atoms with Crippen molar-refractivity contribution < 1.29 is 9.59 Å². The number of thiazole rings is 1. The Morgan fingerprint density at radius 1 is 1.42 bits per heavy atom. The summed E-state index contributed by atoms with van der Waals surface area (Å²) >= 11 is 9.07. The van der Waals surface area contributed by atoms with E-state index < -0.39 is 6.04 Å². The SMILES string of the molecule is O=C(NCCc1cscn1)[C@H]1CSCN1C(=O)c1cccc(Cl)c1. The van der Waals surface area contributed by atoms with Crippen molar-refractivity contribution in [1.82, 2.24) is 15.2 Å². The Bertz CT molecular complexity index is 724. The number of thioether (sulfide) groups is 1. The number of carbonyl (C=O) groups is 2. The fourth-order valence-electron chi connectivity index (χ4n) is 2.44. The van der Waals surface area contributed by atoms with Crippen LogP contribution in [0.2, 0.25) is 5.02 Å². The number of nitrogens with zero attached hydrogens (tertiary/aromatic N) is 2. The lowest BCUT2D eigenvalue weighted by Crippen LogP contribution is -2.47. The van der Waals surface area contributed by atoms with Gasteiger partial charge < -0.3 is 10.2 Å².